The average molecular weight is 471 g/mol. The van der Waals surface area contributed by atoms with Gasteiger partial charge in [-0.05, 0) is 50.1 Å². The summed E-state index contributed by atoms with van der Waals surface area (Å²) in [6.45, 7) is 1.45. The topological polar surface area (TPSA) is 71.3 Å². The number of hydrogen-bond donors (Lipinski definition) is 0. The summed E-state index contributed by atoms with van der Waals surface area (Å²) in [6, 6.07) is 6.31. The zero-order chi connectivity index (χ0) is 24.4. The normalized spacial score (nSPS) is 22.5. The lowest BCUT2D eigenvalue weighted by Crippen LogP contribution is -2.48. The Morgan fingerprint density at radius 2 is 1.94 bits per heavy atom. The van der Waals surface area contributed by atoms with Gasteiger partial charge in [-0.3, -0.25) is 14.5 Å². The second kappa shape index (κ2) is 7.82. The van der Waals surface area contributed by atoms with Gasteiger partial charge in [0.25, 0.3) is 0 Å². The lowest BCUT2D eigenvalue weighted by Gasteiger charge is -2.30. The van der Waals surface area contributed by atoms with Crippen LogP contribution in [0.1, 0.15) is 30.5 Å². The first-order valence-electron chi connectivity index (χ1n) is 11.1. The number of likely N-dealkylation sites (N-methyl/N-ethyl adjacent to an activating group) is 1. The van der Waals surface area contributed by atoms with Gasteiger partial charge < -0.3 is 9.47 Å². The molecule has 3 unspecified atom stereocenters. The summed E-state index contributed by atoms with van der Waals surface area (Å²) in [7, 11) is 3.47. The summed E-state index contributed by atoms with van der Waals surface area (Å²) >= 11 is 0. The zero-order valence-electron chi connectivity index (χ0n) is 19.0. The fraction of sp³-hybridized carbons (Fsp3) is 0.417. The van der Waals surface area contributed by atoms with Gasteiger partial charge in [-0.2, -0.15) is 13.2 Å². The summed E-state index contributed by atoms with van der Waals surface area (Å²) in [5.41, 5.74) is 1.48. The summed E-state index contributed by atoms with van der Waals surface area (Å²) in [6.07, 6.45) is -0.824. The molecule has 1 aromatic carbocycles. The Kier molecular flexibility index (Phi) is 5.14. The summed E-state index contributed by atoms with van der Waals surface area (Å²) in [5.74, 6) is -1.46. The van der Waals surface area contributed by atoms with E-state index in [1.54, 1.807) is 19.4 Å². The van der Waals surface area contributed by atoms with Crippen LogP contribution in [0.25, 0.3) is 11.0 Å². The molecule has 0 spiro atoms. The fourth-order valence-corrected chi connectivity index (χ4v) is 5.32. The van der Waals surface area contributed by atoms with Gasteiger partial charge in [0, 0.05) is 37.3 Å². The molecule has 34 heavy (non-hydrogen) atoms. The molecule has 1 aliphatic carbocycles. The van der Waals surface area contributed by atoms with Gasteiger partial charge in [-0.15, -0.1) is 0 Å². The molecule has 1 saturated heterocycles. The minimum absolute atomic E-state index is 0.124. The fourth-order valence-electron chi connectivity index (χ4n) is 5.32. The number of anilines is 2. The predicted molar refractivity (Wildman–Crippen MR) is 120 cm³/mol. The quantitative estimate of drug-likeness (QED) is 0.577. The van der Waals surface area contributed by atoms with Gasteiger partial charge in [-0.1, -0.05) is 6.42 Å². The molecular formula is C24H24F3N5O2. The van der Waals surface area contributed by atoms with Crippen LogP contribution in [-0.4, -0.2) is 39.4 Å². The molecule has 0 radical (unpaired) electrons. The van der Waals surface area contributed by atoms with Crippen LogP contribution in [0.5, 0.6) is 0 Å². The van der Waals surface area contributed by atoms with Crippen LogP contribution in [0.15, 0.2) is 36.7 Å². The van der Waals surface area contributed by atoms with E-state index in [2.05, 4.69) is 9.97 Å². The number of aromatic nitrogens is 3. The van der Waals surface area contributed by atoms with Crippen molar-refractivity contribution in [2.75, 3.05) is 16.8 Å². The van der Waals surface area contributed by atoms with Crippen LogP contribution in [0.4, 0.5) is 24.7 Å². The van der Waals surface area contributed by atoms with Crippen molar-refractivity contribution in [3.8, 4) is 0 Å². The molecule has 3 aromatic rings. The van der Waals surface area contributed by atoms with E-state index >= 15 is 0 Å². The lowest BCUT2D eigenvalue weighted by molar-refractivity contribution is -0.137. The SMILES string of the molecule is Cc1cc(C(F)(F)F)cc(N2C(=O)C3CCCC3C2C(=O)N(C)c2ccc3ncn(C)c3c2)n1. The third kappa shape index (κ3) is 3.52. The van der Waals surface area contributed by atoms with E-state index in [0.29, 0.717) is 18.5 Å². The Bertz CT molecular complexity index is 1300. The predicted octanol–water partition coefficient (Wildman–Crippen LogP) is 4.09. The first-order chi connectivity index (χ1) is 16.1. The molecule has 2 fully saturated rings. The third-order valence-corrected chi connectivity index (χ3v) is 7.00. The summed E-state index contributed by atoms with van der Waals surface area (Å²) in [5, 5.41) is 0. The molecule has 5 rings (SSSR count). The smallest absolute Gasteiger partial charge is 0.334 e. The summed E-state index contributed by atoms with van der Waals surface area (Å²) < 4.78 is 42.3. The molecule has 2 aliphatic rings. The Morgan fingerprint density at radius 1 is 1.18 bits per heavy atom. The average Bonchev–Trinajstić information content (AvgIpc) is 3.47. The van der Waals surface area contributed by atoms with Crippen LogP contribution < -0.4 is 9.80 Å². The van der Waals surface area contributed by atoms with E-state index in [4.69, 9.17) is 0 Å². The molecule has 3 heterocycles. The van der Waals surface area contributed by atoms with Crippen molar-refractivity contribution in [3.63, 3.8) is 0 Å². The summed E-state index contributed by atoms with van der Waals surface area (Å²) in [4.78, 5) is 38.4. The Morgan fingerprint density at radius 3 is 2.68 bits per heavy atom. The van der Waals surface area contributed by atoms with Crippen LogP contribution in [0, 0.1) is 18.8 Å². The van der Waals surface area contributed by atoms with Crippen molar-refractivity contribution in [2.45, 2.75) is 38.4 Å². The van der Waals surface area contributed by atoms with Crippen molar-refractivity contribution in [3.05, 3.63) is 47.9 Å². The highest BCUT2D eigenvalue weighted by molar-refractivity contribution is 6.09. The van der Waals surface area contributed by atoms with Crippen molar-refractivity contribution in [2.24, 2.45) is 18.9 Å². The maximum Gasteiger partial charge on any atom is 0.416 e. The monoisotopic (exact) mass is 471 g/mol. The van der Waals surface area contributed by atoms with Crippen molar-refractivity contribution in [1.82, 2.24) is 14.5 Å². The second-order valence-electron chi connectivity index (χ2n) is 9.13. The highest BCUT2D eigenvalue weighted by atomic mass is 19.4. The van der Waals surface area contributed by atoms with E-state index in [-0.39, 0.29) is 29.2 Å². The number of carbonyl (C=O) groups excluding carboxylic acids is 2. The van der Waals surface area contributed by atoms with Crippen LogP contribution in [0.2, 0.25) is 0 Å². The van der Waals surface area contributed by atoms with Gasteiger partial charge in [0.2, 0.25) is 11.8 Å². The molecule has 178 valence electrons. The van der Waals surface area contributed by atoms with Crippen molar-refractivity contribution in [1.29, 1.82) is 0 Å². The molecule has 1 saturated carbocycles. The Balaban J connectivity index is 1.56. The first kappa shape index (κ1) is 22.4. The van der Waals surface area contributed by atoms with E-state index in [1.165, 1.54) is 16.7 Å². The van der Waals surface area contributed by atoms with Gasteiger partial charge in [-0.25, -0.2) is 9.97 Å². The maximum atomic E-state index is 13.8. The number of amides is 2. The standard InChI is InChI=1S/C24H24F3N5O2/c1-13-9-14(24(25,26)27)10-20(29-13)32-21(16-5-4-6-17(16)22(32)33)23(34)31(3)15-7-8-18-19(11-15)30(2)12-28-18/h7-12,16-17,21H,4-6H2,1-3H3. The van der Waals surface area contributed by atoms with Crippen LogP contribution in [-0.2, 0) is 22.8 Å². The lowest BCUT2D eigenvalue weighted by atomic mass is 9.92. The van der Waals surface area contributed by atoms with Gasteiger partial charge in [0.1, 0.15) is 11.9 Å². The number of imidazole rings is 1. The number of fused-ring (bicyclic) bond motifs is 2. The molecule has 2 amide bonds. The molecule has 10 heteroatoms. The number of benzene rings is 1. The van der Waals surface area contributed by atoms with E-state index < -0.39 is 23.7 Å². The molecular weight excluding hydrogens is 447 g/mol. The number of rotatable bonds is 3. The second-order valence-corrected chi connectivity index (χ2v) is 9.13. The first-order valence-corrected chi connectivity index (χ1v) is 11.1. The van der Waals surface area contributed by atoms with Crippen LogP contribution >= 0.6 is 0 Å². The zero-order valence-corrected chi connectivity index (χ0v) is 19.0. The number of nitrogens with zero attached hydrogens (tertiary/aromatic N) is 5. The highest BCUT2D eigenvalue weighted by Gasteiger charge is 2.55. The highest BCUT2D eigenvalue weighted by Crippen LogP contribution is 2.46. The minimum atomic E-state index is -4.59. The third-order valence-electron chi connectivity index (χ3n) is 7.00. The molecule has 3 atom stereocenters. The molecule has 0 N–H and O–H groups in total. The van der Waals surface area contributed by atoms with Crippen molar-refractivity contribution < 1.29 is 22.8 Å². The van der Waals surface area contributed by atoms with E-state index in [0.717, 1.165) is 29.6 Å². The number of alkyl halides is 3. The number of halogens is 3. The number of hydrogen-bond acceptors (Lipinski definition) is 4. The van der Waals surface area contributed by atoms with E-state index in [1.807, 2.05) is 23.7 Å². The molecule has 1 aliphatic heterocycles. The van der Waals surface area contributed by atoms with Gasteiger partial charge in [0.15, 0.2) is 0 Å². The Hall–Kier alpha value is -3.43. The molecule has 7 nitrogen and oxygen atoms in total. The molecule has 2 aromatic heterocycles. The number of carbonyl (C=O) groups is 2. The van der Waals surface area contributed by atoms with Gasteiger partial charge >= 0.3 is 6.18 Å². The Labute approximate surface area is 194 Å². The molecule has 0 bridgehead atoms. The van der Waals surface area contributed by atoms with E-state index in [9.17, 15) is 22.8 Å². The number of aryl methyl sites for hydroxylation is 2. The maximum absolute atomic E-state index is 13.8. The minimum Gasteiger partial charge on any atom is -0.334 e. The largest absolute Gasteiger partial charge is 0.416 e. The van der Waals surface area contributed by atoms with Crippen LogP contribution in [0.3, 0.4) is 0 Å². The number of pyridine rings is 1. The van der Waals surface area contributed by atoms with Crippen molar-refractivity contribution >= 4 is 34.4 Å². The van der Waals surface area contributed by atoms with Gasteiger partial charge in [0.05, 0.1) is 22.9 Å².